The highest BCUT2D eigenvalue weighted by molar-refractivity contribution is 5.78. The molecule has 0 aliphatic carbocycles. The molecule has 2 heterocycles. The van der Waals surface area contributed by atoms with Crippen molar-refractivity contribution in [3.8, 4) is 0 Å². The third-order valence-electron chi connectivity index (χ3n) is 3.29. The molecule has 1 N–H and O–H groups in total. The van der Waals surface area contributed by atoms with Gasteiger partial charge < -0.3 is 4.98 Å². The van der Waals surface area contributed by atoms with E-state index in [1.165, 1.54) is 0 Å². The molecule has 0 aromatic carbocycles. The molecule has 0 aliphatic heterocycles. The normalized spacial score (nSPS) is 12.2. The molecule has 0 radical (unpaired) electrons. The van der Waals surface area contributed by atoms with Crippen LogP contribution in [0.3, 0.4) is 0 Å². The number of nitrogens with one attached hydrogen (secondary N) is 1. The smallest absolute Gasteiger partial charge is 0.129 e. The van der Waals surface area contributed by atoms with Gasteiger partial charge in [0.15, 0.2) is 0 Å². The van der Waals surface area contributed by atoms with E-state index >= 15 is 0 Å². The standard InChI is InChI=1S/C13H19N3/c1-5-10-15-9-7-8-14-11(9)12(16-10)13(3,4)6-2/h7-8,14H,5-6H2,1-4H3. The number of aromatic nitrogens is 3. The molecular weight excluding hydrogens is 198 g/mol. The van der Waals surface area contributed by atoms with E-state index in [-0.39, 0.29) is 5.41 Å². The Bertz CT molecular complexity index is 497. The lowest BCUT2D eigenvalue weighted by molar-refractivity contribution is 0.491. The summed E-state index contributed by atoms with van der Waals surface area (Å²) in [5.41, 5.74) is 3.35. The van der Waals surface area contributed by atoms with Gasteiger partial charge in [-0.3, -0.25) is 0 Å². The van der Waals surface area contributed by atoms with Crippen LogP contribution in [-0.4, -0.2) is 15.0 Å². The van der Waals surface area contributed by atoms with Gasteiger partial charge in [-0.05, 0) is 12.5 Å². The molecular formula is C13H19N3. The van der Waals surface area contributed by atoms with Crippen LogP contribution in [-0.2, 0) is 11.8 Å². The predicted molar refractivity (Wildman–Crippen MR) is 66.6 cm³/mol. The van der Waals surface area contributed by atoms with Crippen molar-refractivity contribution in [2.75, 3.05) is 0 Å². The third kappa shape index (κ3) is 1.70. The zero-order chi connectivity index (χ0) is 11.8. The average molecular weight is 217 g/mol. The van der Waals surface area contributed by atoms with Gasteiger partial charge in [0.2, 0.25) is 0 Å². The van der Waals surface area contributed by atoms with E-state index in [0.29, 0.717) is 0 Å². The monoisotopic (exact) mass is 217 g/mol. The molecule has 0 aliphatic rings. The second kappa shape index (κ2) is 3.89. The Labute approximate surface area is 96.3 Å². The fraction of sp³-hybridized carbons (Fsp3) is 0.538. The minimum absolute atomic E-state index is 0.0932. The number of hydrogen-bond donors (Lipinski definition) is 1. The molecule has 0 spiro atoms. The summed E-state index contributed by atoms with van der Waals surface area (Å²) in [5, 5.41) is 0. The minimum Gasteiger partial charge on any atom is -0.358 e. The van der Waals surface area contributed by atoms with E-state index in [1.807, 2.05) is 12.3 Å². The summed E-state index contributed by atoms with van der Waals surface area (Å²) in [4.78, 5) is 12.5. The van der Waals surface area contributed by atoms with Gasteiger partial charge in [0, 0.05) is 18.0 Å². The summed E-state index contributed by atoms with van der Waals surface area (Å²) >= 11 is 0. The molecule has 2 rings (SSSR count). The van der Waals surface area contributed by atoms with Crippen molar-refractivity contribution in [3.05, 3.63) is 23.8 Å². The Morgan fingerprint density at radius 2 is 2.00 bits per heavy atom. The number of fused-ring (bicyclic) bond motifs is 1. The Balaban J connectivity index is 2.70. The lowest BCUT2D eigenvalue weighted by Gasteiger charge is -2.23. The van der Waals surface area contributed by atoms with Crippen molar-refractivity contribution in [2.24, 2.45) is 0 Å². The number of H-pyrrole nitrogens is 1. The van der Waals surface area contributed by atoms with Gasteiger partial charge in [-0.15, -0.1) is 0 Å². The van der Waals surface area contributed by atoms with Crippen LogP contribution in [0, 0.1) is 0 Å². The van der Waals surface area contributed by atoms with Crippen molar-refractivity contribution in [1.82, 2.24) is 15.0 Å². The van der Waals surface area contributed by atoms with Crippen molar-refractivity contribution >= 4 is 11.0 Å². The second-order valence-corrected chi connectivity index (χ2v) is 4.82. The molecule has 86 valence electrons. The maximum Gasteiger partial charge on any atom is 0.129 e. The summed E-state index contributed by atoms with van der Waals surface area (Å²) in [6.07, 6.45) is 3.89. The van der Waals surface area contributed by atoms with Gasteiger partial charge in [-0.2, -0.15) is 0 Å². The molecule has 2 aromatic heterocycles. The summed E-state index contributed by atoms with van der Waals surface area (Å²) < 4.78 is 0. The van der Waals surface area contributed by atoms with Crippen LogP contribution in [0.25, 0.3) is 11.0 Å². The maximum atomic E-state index is 4.69. The van der Waals surface area contributed by atoms with Crippen LogP contribution < -0.4 is 0 Å². The third-order valence-corrected chi connectivity index (χ3v) is 3.29. The largest absolute Gasteiger partial charge is 0.358 e. The molecule has 3 heteroatoms. The molecule has 0 saturated carbocycles. The Hall–Kier alpha value is -1.38. The van der Waals surface area contributed by atoms with Crippen LogP contribution in [0.4, 0.5) is 0 Å². The Kier molecular flexibility index (Phi) is 2.70. The molecule has 16 heavy (non-hydrogen) atoms. The number of nitrogens with zero attached hydrogens (tertiary/aromatic N) is 2. The molecule has 0 atom stereocenters. The van der Waals surface area contributed by atoms with Crippen LogP contribution in [0.1, 0.15) is 45.6 Å². The van der Waals surface area contributed by atoms with Crippen molar-refractivity contribution < 1.29 is 0 Å². The lowest BCUT2D eigenvalue weighted by Crippen LogP contribution is -2.19. The fourth-order valence-electron chi connectivity index (χ4n) is 1.81. The summed E-state index contributed by atoms with van der Waals surface area (Å²) in [6, 6.07) is 2.02. The lowest BCUT2D eigenvalue weighted by atomic mass is 9.85. The molecule has 0 fully saturated rings. The maximum absolute atomic E-state index is 4.69. The van der Waals surface area contributed by atoms with Crippen molar-refractivity contribution in [1.29, 1.82) is 0 Å². The van der Waals surface area contributed by atoms with Crippen LogP contribution in [0.2, 0.25) is 0 Å². The highest BCUT2D eigenvalue weighted by Crippen LogP contribution is 2.29. The first-order valence-electron chi connectivity index (χ1n) is 5.93. The van der Waals surface area contributed by atoms with Crippen molar-refractivity contribution in [3.63, 3.8) is 0 Å². The Morgan fingerprint density at radius 3 is 2.62 bits per heavy atom. The first-order chi connectivity index (χ1) is 7.58. The second-order valence-electron chi connectivity index (χ2n) is 4.82. The highest BCUT2D eigenvalue weighted by atomic mass is 14.9. The van der Waals surface area contributed by atoms with E-state index in [0.717, 1.165) is 35.4 Å². The van der Waals surface area contributed by atoms with Gasteiger partial charge in [-0.1, -0.05) is 27.7 Å². The topological polar surface area (TPSA) is 41.6 Å². The van der Waals surface area contributed by atoms with Crippen LogP contribution >= 0.6 is 0 Å². The molecule has 3 nitrogen and oxygen atoms in total. The first kappa shape index (κ1) is 11.1. The summed E-state index contributed by atoms with van der Waals surface area (Å²) in [7, 11) is 0. The molecule has 0 unspecified atom stereocenters. The molecule has 0 bridgehead atoms. The van der Waals surface area contributed by atoms with Crippen LogP contribution in [0.15, 0.2) is 12.3 Å². The number of aromatic amines is 1. The van der Waals surface area contributed by atoms with Gasteiger partial charge in [0.1, 0.15) is 5.82 Å². The first-order valence-corrected chi connectivity index (χ1v) is 5.93. The van der Waals surface area contributed by atoms with E-state index in [4.69, 9.17) is 4.98 Å². The molecule has 2 aromatic rings. The summed E-state index contributed by atoms with van der Waals surface area (Å²) in [6.45, 7) is 8.75. The quantitative estimate of drug-likeness (QED) is 0.857. The highest BCUT2D eigenvalue weighted by Gasteiger charge is 2.24. The van der Waals surface area contributed by atoms with Gasteiger partial charge in [0.25, 0.3) is 0 Å². The Morgan fingerprint density at radius 1 is 1.25 bits per heavy atom. The van der Waals surface area contributed by atoms with Crippen molar-refractivity contribution in [2.45, 2.75) is 46.0 Å². The number of rotatable bonds is 3. The summed E-state index contributed by atoms with van der Waals surface area (Å²) in [5.74, 6) is 0.934. The average Bonchev–Trinajstić information content (AvgIpc) is 2.75. The molecule has 0 saturated heterocycles. The molecule has 0 amide bonds. The van der Waals surface area contributed by atoms with Gasteiger partial charge >= 0.3 is 0 Å². The number of aryl methyl sites for hydroxylation is 1. The van der Waals surface area contributed by atoms with E-state index < -0.39 is 0 Å². The fourth-order valence-corrected chi connectivity index (χ4v) is 1.81. The van der Waals surface area contributed by atoms with E-state index in [2.05, 4.69) is 37.7 Å². The zero-order valence-electron chi connectivity index (χ0n) is 10.5. The predicted octanol–water partition coefficient (Wildman–Crippen LogP) is 3.21. The zero-order valence-corrected chi connectivity index (χ0v) is 10.5. The number of hydrogen-bond acceptors (Lipinski definition) is 2. The van der Waals surface area contributed by atoms with Gasteiger partial charge in [0.05, 0.1) is 16.7 Å². The van der Waals surface area contributed by atoms with E-state index in [1.54, 1.807) is 0 Å². The van der Waals surface area contributed by atoms with Crippen LogP contribution in [0.5, 0.6) is 0 Å². The van der Waals surface area contributed by atoms with Gasteiger partial charge in [-0.25, -0.2) is 9.97 Å². The SMILES string of the molecule is CCc1nc(C(C)(C)CC)c2[nH]ccc2n1. The minimum atomic E-state index is 0.0932. The van der Waals surface area contributed by atoms with E-state index in [9.17, 15) is 0 Å².